The van der Waals surface area contributed by atoms with Crippen molar-refractivity contribution in [2.24, 2.45) is 0 Å². The molecular formula is C16H14O4S. The van der Waals surface area contributed by atoms with Gasteiger partial charge in [0.2, 0.25) is 0 Å². The zero-order chi connectivity index (χ0) is 15.5. The molecule has 0 saturated carbocycles. The quantitative estimate of drug-likeness (QED) is 0.644. The normalized spacial score (nSPS) is 10.7. The van der Waals surface area contributed by atoms with Gasteiger partial charge >= 0.3 is 10.1 Å². The van der Waals surface area contributed by atoms with Gasteiger partial charge in [0.1, 0.15) is 16.4 Å². The Kier molecular flexibility index (Phi) is 4.20. The molecule has 0 amide bonds. The smallest absolute Gasteiger partial charge is 0.339 e. The average Bonchev–Trinajstić information content (AvgIpc) is 2.47. The Hall–Kier alpha value is -2.45. The van der Waals surface area contributed by atoms with E-state index < -0.39 is 10.1 Å². The number of benzene rings is 2. The molecule has 4 nitrogen and oxygen atoms in total. The van der Waals surface area contributed by atoms with E-state index in [1.165, 1.54) is 31.4 Å². The van der Waals surface area contributed by atoms with Crippen molar-refractivity contribution in [2.45, 2.75) is 11.8 Å². The Morgan fingerprint density at radius 2 is 1.76 bits per heavy atom. The SMILES string of the molecule is C#Cc1ccc(OS(=O)(=O)c2ccc(C)cc2)cc1OC. The van der Waals surface area contributed by atoms with E-state index in [1.54, 1.807) is 18.2 Å². The molecule has 0 aromatic heterocycles. The van der Waals surface area contributed by atoms with Crippen molar-refractivity contribution in [3.05, 3.63) is 53.6 Å². The first kappa shape index (κ1) is 14.9. The standard InChI is InChI=1S/C16H14O4S/c1-4-13-7-8-14(11-16(13)19-3)20-21(17,18)15-9-5-12(2)6-10-15/h1,5-11H,2-3H3. The van der Waals surface area contributed by atoms with E-state index in [0.717, 1.165) is 5.56 Å². The van der Waals surface area contributed by atoms with Crippen LogP contribution in [0.25, 0.3) is 0 Å². The minimum Gasteiger partial charge on any atom is -0.495 e. The van der Waals surface area contributed by atoms with Gasteiger partial charge in [-0.3, -0.25) is 0 Å². The summed E-state index contributed by atoms with van der Waals surface area (Å²) in [4.78, 5) is 0.0908. The van der Waals surface area contributed by atoms with Crippen LogP contribution in [0.15, 0.2) is 47.4 Å². The van der Waals surface area contributed by atoms with Gasteiger partial charge in [-0.15, -0.1) is 6.42 Å². The lowest BCUT2D eigenvalue weighted by molar-refractivity contribution is 0.410. The van der Waals surface area contributed by atoms with Crippen LogP contribution in [0.4, 0.5) is 0 Å². The van der Waals surface area contributed by atoms with Crippen LogP contribution in [0, 0.1) is 19.3 Å². The molecule has 0 N–H and O–H groups in total. The first-order chi connectivity index (χ1) is 9.96. The maximum atomic E-state index is 12.2. The zero-order valence-corrected chi connectivity index (χ0v) is 12.5. The molecule has 0 aliphatic carbocycles. The highest BCUT2D eigenvalue weighted by Gasteiger charge is 2.17. The summed E-state index contributed by atoms with van der Waals surface area (Å²) in [6.07, 6.45) is 5.32. The summed E-state index contributed by atoms with van der Waals surface area (Å²) in [6.45, 7) is 1.88. The van der Waals surface area contributed by atoms with Gasteiger partial charge in [-0.1, -0.05) is 23.6 Å². The second kappa shape index (κ2) is 5.90. The molecule has 0 unspecified atom stereocenters. The summed E-state index contributed by atoms with van der Waals surface area (Å²) in [5.74, 6) is 2.97. The molecule has 0 aliphatic rings. The molecule has 0 bridgehead atoms. The Labute approximate surface area is 124 Å². The van der Waals surface area contributed by atoms with Crippen molar-refractivity contribution in [2.75, 3.05) is 7.11 Å². The van der Waals surface area contributed by atoms with Gasteiger partial charge < -0.3 is 8.92 Å². The predicted octanol–water partition coefficient (Wildman–Crippen LogP) is 2.75. The Balaban J connectivity index is 2.33. The van der Waals surface area contributed by atoms with Crippen molar-refractivity contribution in [3.63, 3.8) is 0 Å². The van der Waals surface area contributed by atoms with E-state index in [1.807, 2.05) is 6.92 Å². The van der Waals surface area contributed by atoms with Gasteiger partial charge in [-0.05, 0) is 31.2 Å². The third kappa shape index (κ3) is 3.36. The van der Waals surface area contributed by atoms with E-state index in [-0.39, 0.29) is 10.6 Å². The highest BCUT2D eigenvalue weighted by molar-refractivity contribution is 7.87. The monoisotopic (exact) mass is 302 g/mol. The van der Waals surface area contributed by atoms with Crippen molar-refractivity contribution in [3.8, 4) is 23.8 Å². The van der Waals surface area contributed by atoms with Gasteiger partial charge in [-0.25, -0.2) is 0 Å². The van der Waals surface area contributed by atoms with Crippen molar-refractivity contribution in [1.82, 2.24) is 0 Å². The number of ether oxygens (including phenoxy) is 1. The third-order valence-electron chi connectivity index (χ3n) is 2.84. The predicted molar refractivity (Wildman–Crippen MR) is 79.9 cm³/mol. The van der Waals surface area contributed by atoms with E-state index in [9.17, 15) is 8.42 Å². The Morgan fingerprint density at radius 3 is 2.33 bits per heavy atom. The van der Waals surface area contributed by atoms with Crippen LogP contribution in [0.2, 0.25) is 0 Å². The molecule has 0 spiro atoms. The van der Waals surface area contributed by atoms with Crippen LogP contribution in [0.3, 0.4) is 0 Å². The Morgan fingerprint density at radius 1 is 1.10 bits per heavy atom. The molecule has 108 valence electrons. The van der Waals surface area contributed by atoms with Crippen molar-refractivity contribution >= 4 is 10.1 Å². The van der Waals surface area contributed by atoms with Crippen LogP contribution < -0.4 is 8.92 Å². The van der Waals surface area contributed by atoms with Gasteiger partial charge in [0.05, 0.1) is 12.7 Å². The first-order valence-electron chi connectivity index (χ1n) is 6.12. The molecule has 2 aromatic carbocycles. The molecule has 5 heteroatoms. The Bertz CT molecular complexity index is 784. The van der Waals surface area contributed by atoms with Crippen molar-refractivity contribution < 1.29 is 17.3 Å². The fraction of sp³-hybridized carbons (Fsp3) is 0.125. The van der Waals surface area contributed by atoms with Gasteiger partial charge in [0.25, 0.3) is 0 Å². The summed E-state index contributed by atoms with van der Waals surface area (Å²) in [6, 6.07) is 10.9. The lowest BCUT2D eigenvalue weighted by Crippen LogP contribution is -2.09. The van der Waals surface area contributed by atoms with Gasteiger partial charge in [0.15, 0.2) is 0 Å². The van der Waals surface area contributed by atoms with Gasteiger partial charge in [0, 0.05) is 6.07 Å². The summed E-state index contributed by atoms with van der Waals surface area (Å²) in [5.41, 5.74) is 1.49. The van der Waals surface area contributed by atoms with Crippen LogP contribution >= 0.6 is 0 Å². The van der Waals surface area contributed by atoms with Crippen LogP contribution in [0.1, 0.15) is 11.1 Å². The minimum atomic E-state index is -3.88. The maximum absolute atomic E-state index is 12.2. The molecule has 2 aromatic rings. The molecule has 21 heavy (non-hydrogen) atoms. The zero-order valence-electron chi connectivity index (χ0n) is 11.7. The maximum Gasteiger partial charge on any atom is 0.339 e. The summed E-state index contributed by atoms with van der Waals surface area (Å²) in [5, 5.41) is 0. The molecular weight excluding hydrogens is 288 g/mol. The lowest BCUT2D eigenvalue weighted by atomic mass is 10.2. The first-order valence-corrected chi connectivity index (χ1v) is 7.53. The number of aryl methyl sites for hydroxylation is 1. The topological polar surface area (TPSA) is 52.6 Å². The number of methoxy groups -OCH3 is 1. The molecule has 2 rings (SSSR count). The summed E-state index contributed by atoms with van der Waals surface area (Å²) in [7, 11) is -2.43. The second-order valence-electron chi connectivity index (χ2n) is 4.36. The number of terminal acetylenes is 1. The van der Waals surface area contributed by atoms with Crippen LogP contribution in [0.5, 0.6) is 11.5 Å². The average molecular weight is 302 g/mol. The minimum absolute atomic E-state index is 0.0908. The molecule has 0 heterocycles. The summed E-state index contributed by atoms with van der Waals surface area (Å²) < 4.78 is 34.5. The van der Waals surface area contributed by atoms with Crippen LogP contribution in [-0.4, -0.2) is 15.5 Å². The third-order valence-corrected chi connectivity index (χ3v) is 4.11. The fourth-order valence-corrected chi connectivity index (χ4v) is 2.65. The summed E-state index contributed by atoms with van der Waals surface area (Å²) >= 11 is 0. The molecule has 0 atom stereocenters. The van der Waals surface area contributed by atoms with Crippen molar-refractivity contribution in [1.29, 1.82) is 0 Å². The lowest BCUT2D eigenvalue weighted by Gasteiger charge is -2.09. The van der Waals surface area contributed by atoms with E-state index >= 15 is 0 Å². The molecule has 0 fully saturated rings. The number of hydrogen-bond donors (Lipinski definition) is 0. The van der Waals surface area contributed by atoms with E-state index in [2.05, 4.69) is 5.92 Å². The highest BCUT2D eigenvalue weighted by atomic mass is 32.2. The van der Waals surface area contributed by atoms with Gasteiger partial charge in [-0.2, -0.15) is 8.42 Å². The molecule has 0 saturated heterocycles. The number of hydrogen-bond acceptors (Lipinski definition) is 4. The number of rotatable bonds is 4. The second-order valence-corrected chi connectivity index (χ2v) is 5.90. The fourth-order valence-electron chi connectivity index (χ4n) is 1.72. The highest BCUT2D eigenvalue weighted by Crippen LogP contribution is 2.26. The molecule has 0 aliphatic heterocycles. The largest absolute Gasteiger partial charge is 0.495 e. The van der Waals surface area contributed by atoms with Crippen LogP contribution in [-0.2, 0) is 10.1 Å². The molecule has 0 radical (unpaired) electrons. The van der Waals surface area contributed by atoms with E-state index in [4.69, 9.17) is 15.3 Å². The van der Waals surface area contributed by atoms with E-state index in [0.29, 0.717) is 11.3 Å².